The molecule has 0 radical (unpaired) electrons. The van der Waals surface area contributed by atoms with Gasteiger partial charge in [0.25, 0.3) is 0 Å². The molecule has 7 heteroatoms. The molecule has 2 heterocycles. The second-order valence-electron chi connectivity index (χ2n) is 4.10. The van der Waals surface area contributed by atoms with Crippen LogP contribution < -0.4 is 10.6 Å². The van der Waals surface area contributed by atoms with Crippen molar-refractivity contribution >= 4 is 28.7 Å². The minimum absolute atomic E-state index is 0.0776. The van der Waals surface area contributed by atoms with Crippen molar-refractivity contribution < 1.29 is 14.7 Å². The second-order valence-corrected chi connectivity index (χ2v) is 4.10. The fourth-order valence-corrected chi connectivity index (χ4v) is 1.83. The highest BCUT2D eigenvalue weighted by molar-refractivity contribution is 5.88. The van der Waals surface area contributed by atoms with E-state index in [1.807, 2.05) is 6.20 Å². The number of rotatable bonds is 4. The highest BCUT2D eigenvalue weighted by atomic mass is 16.4. The number of carboxylic acid groups (broad SMARTS) is 1. The van der Waals surface area contributed by atoms with E-state index in [0.29, 0.717) is 24.3 Å². The molecule has 100 valence electrons. The fourth-order valence-electron chi connectivity index (χ4n) is 1.83. The Morgan fingerprint density at radius 2 is 2.26 bits per heavy atom. The Balaban J connectivity index is 2.19. The Labute approximate surface area is 109 Å². The lowest BCUT2D eigenvalue weighted by Crippen LogP contribution is -2.22. The van der Waals surface area contributed by atoms with Crippen molar-refractivity contribution in [3.8, 4) is 0 Å². The van der Waals surface area contributed by atoms with E-state index in [0.717, 1.165) is 10.9 Å². The minimum atomic E-state index is -1.13. The van der Waals surface area contributed by atoms with Gasteiger partial charge in [0.05, 0.1) is 11.9 Å². The number of pyridine rings is 1. The number of nitrogens with one attached hydrogen (secondary N) is 3. The van der Waals surface area contributed by atoms with Gasteiger partial charge in [-0.25, -0.2) is 9.78 Å². The molecule has 2 aromatic heterocycles. The zero-order valence-corrected chi connectivity index (χ0v) is 10.4. The summed E-state index contributed by atoms with van der Waals surface area (Å²) in [6.07, 6.45) is 2.78. The molecule has 0 unspecified atom stereocenters. The first-order chi connectivity index (χ1) is 9.06. The summed E-state index contributed by atoms with van der Waals surface area (Å²) in [7, 11) is 0. The number of fused-ring (bicyclic) bond motifs is 1. The van der Waals surface area contributed by atoms with E-state index in [1.165, 1.54) is 13.1 Å². The first-order valence-electron chi connectivity index (χ1n) is 5.76. The SMILES string of the molecule is CC(=O)NCCc1c[nH]c2ncc(NC(=O)O)cc12. The molecule has 2 aromatic rings. The van der Waals surface area contributed by atoms with Gasteiger partial charge in [-0.05, 0) is 18.1 Å². The number of carbonyl (C=O) groups excluding carboxylic acids is 1. The third kappa shape index (κ3) is 3.21. The van der Waals surface area contributed by atoms with Gasteiger partial charge < -0.3 is 15.4 Å². The molecule has 2 amide bonds. The molecule has 0 aliphatic heterocycles. The Kier molecular flexibility index (Phi) is 3.65. The smallest absolute Gasteiger partial charge is 0.409 e. The summed E-state index contributed by atoms with van der Waals surface area (Å²) in [5.41, 5.74) is 2.08. The first kappa shape index (κ1) is 12.9. The molecular weight excluding hydrogens is 248 g/mol. The summed E-state index contributed by atoms with van der Waals surface area (Å²) in [6, 6.07) is 1.72. The number of nitrogens with zero attached hydrogens (tertiary/aromatic N) is 1. The van der Waals surface area contributed by atoms with Crippen molar-refractivity contribution in [1.29, 1.82) is 0 Å². The molecule has 19 heavy (non-hydrogen) atoms. The molecule has 0 saturated carbocycles. The van der Waals surface area contributed by atoms with Crippen molar-refractivity contribution in [2.45, 2.75) is 13.3 Å². The quantitative estimate of drug-likeness (QED) is 0.666. The summed E-state index contributed by atoms with van der Waals surface area (Å²) in [5, 5.41) is 14.5. The van der Waals surface area contributed by atoms with E-state index in [4.69, 9.17) is 5.11 Å². The summed E-state index contributed by atoms with van der Waals surface area (Å²) in [4.78, 5) is 28.5. The van der Waals surface area contributed by atoms with Crippen LogP contribution in [0.3, 0.4) is 0 Å². The summed E-state index contributed by atoms with van der Waals surface area (Å²) < 4.78 is 0. The molecular formula is C12H14N4O3. The maximum atomic E-state index is 10.8. The van der Waals surface area contributed by atoms with Gasteiger partial charge in [-0.1, -0.05) is 0 Å². The largest absolute Gasteiger partial charge is 0.465 e. The lowest BCUT2D eigenvalue weighted by molar-refractivity contribution is -0.118. The number of carbonyl (C=O) groups is 2. The number of aromatic amines is 1. The molecule has 2 rings (SSSR count). The predicted molar refractivity (Wildman–Crippen MR) is 70.1 cm³/mol. The Hall–Kier alpha value is -2.57. The number of amides is 2. The maximum Gasteiger partial charge on any atom is 0.409 e. The van der Waals surface area contributed by atoms with Crippen LogP contribution in [0.15, 0.2) is 18.5 Å². The average Bonchev–Trinajstić information content (AvgIpc) is 2.71. The van der Waals surface area contributed by atoms with Gasteiger partial charge in [0.2, 0.25) is 5.91 Å². The molecule has 0 aliphatic rings. The van der Waals surface area contributed by atoms with Crippen LogP contribution in [0.5, 0.6) is 0 Å². The van der Waals surface area contributed by atoms with E-state index in [-0.39, 0.29) is 5.91 Å². The van der Waals surface area contributed by atoms with E-state index >= 15 is 0 Å². The molecule has 0 spiro atoms. The predicted octanol–water partition coefficient (Wildman–Crippen LogP) is 1.33. The van der Waals surface area contributed by atoms with Gasteiger partial charge in [-0.2, -0.15) is 0 Å². The van der Waals surface area contributed by atoms with Crippen molar-refractivity contribution in [3.05, 3.63) is 24.0 Å². The number of H-pyrrole nitrogens is 1. The van der Waals surface area contributed by atoms with Crippen LogP contribution in [0.25, 0.3) is 11.0 Å². The zero-order chi connectivity index (χ0) is 13.8. The van der Waals surface area contributed by atoms with Gasteiger partial charge >= 0.3 is 6.09 Å². The van der Waals surface area contributed by atoms with Crippen molar-refractivity contribution in [2.75, 3.05) is 11.9 Å². The van der Waals surface area contributed by atoms with E-state index in [9.17, 15) is 9.59 Å². The maximum absolute atomic E-state index is 10.8. The Morgan fingerprint density at radius 1 is 1.47 bits per heavy atom. The van der Waals surface area contributed by atoms with E-state index in [2.05, 4.69) is 20.6 Å². The number of hydrogen-bond acceptors (Lipinski definition) is 3. The summed E-state index contributed by atoms with van der Waals surface area (Å²) in [5.74, 6) is -0.0776. The molecule has 0 bridgehead atoms. The minimum Gasteiger partial charge on any atom is -0.465 e. The topological polar surface area (TPSA) is 107 Å². The van der Waals surface area contributed by atoms with Gasteiger partial charge in [-0.15, -0.1) is 0 Å². The second kappa shape index (κ2) is 5.38. The summed E-state index contributed by atoms with van der Waals surface area (Å²) >= 11 is 0. The van der Waals surface area contributed by atoms with Gasteiger partial charge in [0.15, 0.2) is 0 Å². The number of hydrogen-bond donors (Lipinski definition) is 4. The molecule has 0 aromatic carbocycles. The van der Waals surface area contributed by atoms with Crippen molar-refractivity contribution in [1.82, 2.24) is 15.3 Å². The van der Waals surface area contributed by atoms with Gasteiger partial charge in [0.1, 0.15) is 5.65 Å². The molecule has 0 saturated heterocycles. The Bertz CT molecular complexity index is 620. The van der Waals surface area contributed by atoms with Gasteiger partial charge in [-0.3, -0.25) is 10.1 Å². The van der Waals surface area contributed by atoms with Crippen molar-refractivity contribution in [2.24, 2.45) is 0 Å². The zero-order valence-electron chi connectivity index (χ0n) is 10.4. The fraction of sp³-hybridized carbons (Fsp3) is 0.250. The van der Waals surface area contributed by atoms with Crippen LogP contribution in [-0.2, 0) is 11.2 Å². The highest BCUT2D eigenvalue weighted by Crippen LogP contribution is 2.20. The summed E-state index contributed by atoms with van der Waals surface area (Å²) in [6.45, 7) is 1.99. The molecule has 0 aliphatic carbocycles. The van der Waals surface area contributed by atoms with Crippen LogP contribution >= 0.6 is 0 Å². The molecule has 7 nitrogen and oxygen atoms in total. The lowest BCUT2D eigenvalue weighted by atomic mass is 10.1. The lowest BCUT2D eigenvalue weighted by Gasteiger charge is -2.03. The van der Waals surface area contributed by atoms with Crippen molar-refractivity contribution in [3.63, 3.8) is 0 Å². The number of anilines is 1. The third-order valence-corrected chi connectivity index (χ3v) is 2.64. The standard InChI is InChI=1S/C12H14N4O3/c1-7(17)13-3-2-8-5-14-11-10(8)4-9(6-15-11)16-12(18)19/h4-6,16H,2-3H2,1H3,(H,13,17)(H,14,15)(H,18,19). The van der Waals surface area contributed by atoms with E-state index in [1.54, 1.807) is 6.07 Å². The Morgan fingerprint density at radius 3 is 2.95 bits per heavy atom. The van der Waals surface area contributed by atoms with Crippen LogP contribution in [0, 0.1) is 0 Å². The first-order valence-corrected chi connectivity index (χ1v) is 5.76. The van der Waals surface area contributed by atoms with Crippen LogP contribution in [0.4, 0.5) is 10.5 Å². The highest BCUT2D eigenvalue weighted by Gasteiger charge is 2.07. The average molecular weight is 262 g/mol. The molecule has 0 fully saturated rings. The normalized spacial score (nSPS) is 10.4. The molecule has 4 N–H and O–H groups in total. The van der Waals surface area contributed by atoms with Gasteiger partial charge in [0, 0.05) is 25.1 Å². The van der Waals surface area contributed by atoms with E-state index < -0.39 is 6.09 Å². The van der Waals surface area contributed by atoms with Crippen LogP contribution in [0.2, 0.25) is 0 Å². The number of aromatic nitrogens is 2. The third-order valence-electron chi connectivity index (χ3n) is 2.64. The van der Waals surface area contributed by atoms with Crippen LogP contribution in [-0.4, -0.2) is 33.6 Å². The molecule has 0 atom stereocenters. The van der Waals surface area contributed by atoms with Crippen LogP contribution in [0.1, 0.15) is 12.5 Å². The monoisotopic (exact) mass is 262 g/mol.